The molecule has 1 amide bonds. The molecule has 1 aliphatic carbocycles. The van der Waals surface area contributed by atoms with Gasteiger partial charge in [0.05, 0.1) is 48.2 Å². The van der Waals surface area contributed by atoms with E-state index in [0.29, 0.717) is 24.5 Å². The van der Waals surface area contributed by atoms with Crippen molar-refractivity contribution in [3.05, 3.63) is 112 Å². The van der Waals surface area contributed by atoms with Crippen LogP contribution in [0, 0.1) is 29.1 Å². The number of alkyl halides is 3. The van der Waals surface area contributed by atoms with Crippen molar-refractivity contribution >= 4 is 33.3 Å². The van der Waals surface area contributed by atoms with E-state index in [2.05, 4.69) is 9.88 Å². The summed E-state index contributed by atoms with van der Waals surface area (Å²) in [6.07, 6.45) is -1.72. The molecular formula is C36H30F8N4O6S. The lowest BCUT2D eigenvalue weighted by atomic mass is 10.1. The van der Waals surface area contributed by atoms with Crippen molar-refractivity contribution in [3.63, 3.8) is 0 Å². The zero-order valence-electron chi connectivity index (χ0n) is 28.4. The second-order valence-electron chi connectivity index (χ2n) is 12.8. The Bertz CT molecular complexity index is 2220. The van der Waals surface area contributed by atoms with Crippen LogP contribution < -0.4 is 14.5 Å². The Morgan fingerprint density at radius 2 is 1.53 bits per heavy atom. The first kappa shape index (κ1) is 39.4. The smallest absolute Gasteiger partial charge is 0.418 e. The van der Waals surface area contributed by atoms with E-state index in [4.69, 9.17) is 4.74 Å². The standard InChI is InChI=1S/C36H30F8N4O6S/c37-29-30(38)32(40)34(33(41)31(29)39)55(52,53)47(18-25-24(36(42,43)44)7-4-12-45-25)19-28(49)48(17-20-5-3-6-22(15-20)46-13-1-2-14-46)26-11-8-21(35(50)51)16-27(26)54-23-9-10-23/h3-8,11-12,15-16,23H,1-2,9-10,13-14,17-19H2,(H,50,51). The van der Waals surface area contributed by atoms with Crippen LogP contribution in [0.4, 0.5) is 46.5 Å². The van der Waals surface area contributed by atoms with Crippen molar-refractivity contribution in [1.29, 1.82) is 0 Å². The van der Waals surface area contributed by atoms with Crippen LogP contribution in [0.25, 0.3) is 0 Å². The minimum atomic E-state index is -6.06. The normalized spacial score (nSPS) is 14.7. The van der Waals surface area contributed by atoms with Crippen LogP contribution >= 0.6 is 0 Å². The fraction of sp³-hybridized carbons (Fsp3) is 0.306. The van der Waals surface area contributed by atoms with Crippen LogP contribution in [0.3, 0.4) is 0 Å². The van der Waals surface area contributed by atoms with E-state index in [1.54, 1.807) is 18.2 Å². The predicted molar refractivity (Wildman–Crippen MR) is 179 cm³/mol. The van der Waals surface area contributed by atoms with E-state index in [-0.39, 0.29) is 34.0 Å². The van der Waals surface area contributed by atoms with Gasteiger partial charge in [0.2, 0.25) is 21.7 Å². The minimum absolute atomic E-state index is 0.115. The molecule has 1 N–H and O–H groups in total. The number of carbonyl (C=O) groups is 2. The number of aromatic nitrogens is 1. The molecule has 0 bridgehead atoms. The topological polar surface area (TPSA) is 120 Å². The SMILES string of the molecule is O=C(O)c1ccc(N(Cc2cccc(N3CCCC3)c2)C(=O)CN(Cc2ncccc2C(F)(F)F)S(=O)(=O)c2c(F)c(F)c(F)c(F)c2F)c(OC2CC2)c1. The van der Waals surface area contributed by atoms with Gasteiger partial charge in [-0.25, -0.2) is 35.2 Å². The highest BCUT2D eigenvalue weighted by molar-refractivity contribution is 7.89. The van der Waals surface area contributed by atoms with Gasteiger partial charge in [-0.05, 0) is 73.7 Å². The molecule has 19 heteroatoms. The molecule has 10 nitrogen and oxygen atoms in total. The number of rotatable bonds is 13. The molecule has 0 radical (unpaired) electrons. The van der Waals surface area contributed by atoms with Gasteiger partial charge in [-0.3, -0.25) is 9.78 Å². The largest absolute Gasteiger partial charge is 0.488 e. The lowest BCUT2D eigenvalue weighted by Crippen LogP contribution is -2.43. The van der Waals surface area contributed by atoms with Crippen molar-refractivity contribution in [3.8, 4) is 5.75 Å². The van der Waals surface area contributed by atoms with Gasteiger partial charge < -0.3 is 19.6 Å². The maximum Gasteiger partial charge on any atom is 0.418 e. The fourth-order valence-electron chi connectivity index (χ4n) is 6.04. The zero-order chi connectivity index (χ0) is 39.8. The summed E-state index contributed by atoms with van der Waals surface area (Å²) in [6, 6.07) is 11.6. The van der Waals surface area contributed by atoms with Gasteiger partial charge in [0, 0.05) is 25.0 Å². The third-order valence-corrected chi connectivity index (χ3v) is 10.8. The number of hydrogen-bond donors (Lipinski definition) is 1. The third kappa shape index (κ3) is 8.36. The van der Waals surface area contributed by atoms with Crippen molar-refractivity contribution in [2.75, 3.05) is 29.4 Å². The van der Waals surface area contributed by atoms with Crippen molar-refractivity contribution in [1.82, 2.24) is 9.29 Å². The number of hydrogen-bond acceptors (Lipinski definition) is 7. The molecule has 3 aromatic carbocycles. The molecule has 55 heavy (non-hydrogen) atoms. The fourth-order valence-corrected chi connectivity index (χ4v) is 7.50. The molecule has 1 aliphatic heterocycles. The summed E-state index contributed by atoms with van der Waals surface area (Å²) in [4.78, 5) is 30.5. The number of halogens is 8. The lowest BCUT2D eigenvalue weighted by molar-refractivity contribution is -0.138. The summed E-state index contributed by atoms with van der Waals surface area (Å²) in [7, 11) is -6.06. The molecule has 1 aromatic heterocycles. The summed E-state index contributed by atoms with van der Waals surface area (Å²) in [5.74, 6) is -16.4. The van der Waals surface area contributed by atoms with Crippen molar-refractivity contribution in [2.45, 2.75) is 55.9 Å². The molecule has 1 saturated heterocycles. The van der Waals surface area contributed by atoms with Gasteiger partial charge >= 0.3 is 12.1 Å². The monoisotopic (exact) mass is 798 g/mol. The number of anilines is 2. The molecule has 1 saturated carbocycles. The first-order valence-corrected chi connectivity index (χ1v) is 18.1. The summed E-state index contributed by atoms with van der Waals surface area (Å²) >= 11 is 0. The Balaban J connectivity index is 1.49. The van der Waals surface area contributed by atoms with Crippen LogP contribution in [-0.4, -0.2) is 60.4 Å². The Kier molecular flexibility index (Phi) is 11.1. The molecule has 2 heterocycles. The Morgan fingerprint density at radius 1 is 0.873 bits per heavy atom. The van der Waals surface area contributed by atoms with Crippen LogP contribution in [0.5, 0.6) is 5.75 Å². The quantitative estimate of drug-likeness (QED) is 0.0868. The number of amides is 1. The number of nitrogens with zero attached hydrogens (tertiary/aromatic N) is 4. The Morgan fingerprint density at radius 3 is 2.15 bits per heavy atom. The number of sulfonamides is 1. The van der Waals surface area contributed by atoms with Gasteiger partial charge in [-0.15, -0.1) is 0 Å². The average Bonchev–Trinajstić information content (AvgIpc) is 3.78. The first-order chi connectivity index (χ1) is 26.0. The van der Waals surface area contributed by atoms with E-state index < -0.39 is 86.4 Å². The molecule has 0 spiro atoms. The first-order valence-electron chi connectivity index (χ1n) is 16.7. The molecule has 0 unspecified atom stereocenters. The van der Waals surface area contributed by atoms with Gasteiger partial charge in [-0.2, -0.15) is 17.5 Å². The number of carbonyl (C=O) groups excluding carboxylic acids is 1. The summed E-state index contributed by atoms with van der Waals surface area (Å²) in [5.41, 5.74) is -1.74. The number of benzene rings is 3. The summed E-state index contributed by atoms with van der Waals surface area (Å²) < 4.78 is 149. The van der Waals surface area contributed by atoms with Crippen LogP contribution in [0.15, 0.2) is 65.7 Å². The number of carboxylic acids is 1. The Labute approximate surface area is 308 Å². The van der Waals surface area contributed by atoms with Crippen molar-refractivity contribution < 1.29 is 63.0 Å². The maximum absolute atomic E-state index is 15.1. The zero-order valence-corrected chi connectivity index (χ0v) is 29.2. The van der Waals surface area contributed by atoms with Gasteiger partial charge in [-0.1, -0.05) is 12.1 Å². The molecule has 6 rings (SSSR count). The van der Waals surface area contributed by atoms with Gasteiger partial charge in [0.25, 0.3) is 0 Å². The predicted octanol–water partition coefficient (Wildman–Crippen LogP) is 7.06. The number of aromatic carboxylic acids is 1. The Hall–Kier alpha value is -5.30. The van der Waals surface area contributed by atoms with E-state index in [9.17, 15) is 49.5 Å². The molecule has 2 fully saturated rings. The second kappa shape index (κ2) is 15.4. The average molecular weight is 799 g/mol. The molecular weight excluding hydrogens is 768 g/mol. The number of ether oxygens (including phenoxy) is 1. The summed E-state index contributed by atoms with van der Waals surface area (Å²) in [5, 5.41) is 9.67. The van der Waals surface area contributed by atoms with Crippen LogP contribution in [-0.2, 0) is 34.1 Å². The lowest BCUT2D eigenvalue weighted by Gasteiger charge is -2.29. The summed E-state index contributed by atoms with van der Waals surface area (Å²) in [6.45, 7) is -1.97. The van der Waals surface area contributed by atoms with Gasteiger partial charge in [0.15, 0.2) is 28.2 Å². The molecule has 4 aromatic rings. The highest BCUT2D eigenvalue weighted by Gasteiger charge is 2.41. The van der Waals surface area contributed by atoms with E-state index in [0.717, 1.165) is 60.9 Å². The van der Waals surface area contributed by atoms with Crippen LogP contribution in [0.2, 0.25) is 0 Å². The molecule has 0 atom stereocenters. The van der Waals surface area contributed by atoms with Crippen LogP contribution in [0.1, 0.15) is 52.9 Å². The molecule has 2 aliphatic rings. The van der Waals surface area contributed by atoms with E-state index in [1.165, 1.54) is 6.07 Å². The van der Waals surface area contributed by atoms with Gasteiger partial charge in [0.1, 0.15) is 5.75 Å². The van der Waals surface area contributed by atoms with Crippen molar-refractivity contribution in [2.24, 2.45) is 0 Å². The highest BCUT2D eigenvalue weighted by Crippen LogP contribution is 2.38. The number of carboxylic acid groups (broad SMARTS) is 1. The third-order valence-electron chi connectivity index (χ3n) is 8.94. The van der Waals surface area contributed by atoms with E-state index in [1.807, 2.05) is 6.07 Å². The minimum Gasteiger partial charge on any atom is -0.488 e. The highest BCUT2D eigenvalue weighted by atomic mass is 32.2. The maximum atomic E-state index is 15.1. The van der Waals surface area contributed by atoms with E-state index >= 15 is 8.78 Å². The number of pyridine rings is 1. The molecule has 292 valence electrons. The second-order valence-corrected chi connectivity index (χ2v) is 14.7.